The van der Waals surface area contributed by atoms with Crippen molar-refractivity contribution in [3.05, 3.63) is 59.1 Å². The molecule has 0 N–H and O–H groups in total. The molecule has 1 atom stereocenters. The molecular weight excluding hydrogens is 364 g/mol. The van der Waals surface area contributed by atoms with E-state index in [4.69, 9.17) is 0 Å². The Kier molecular flexibility index (Phi) is 4.20. The number of hydrogen-bond acceptors (Lipinski definition) is 8. The van der Waals surface area contributed by atoms with Crippen LogP contribution in [0.15, 0.2) is 53.4 Å². The SMILES string of the molecule is O=C([O-])/C=C/C1=C(C(=O)[O-])N2C(=O)/C(=C/c3ccccn3)C2S(=O)(=O)C1. The van der Waals surface area contributed by atoms with Crippen molar-refractivity contribution in [1.82, 2.24) is 9.88 Å². The number of aromatic nitrogens is 1. The molecule has 1 amide bonds. The Morgan fingerprint density at radius 3 is 2.58 bits per heavy atom. The van der Waals surface area contributed by atoms with Crippen LogP contribution < -0.4 is 10.2 Å². The van der Waals surface area contributed by atoms with Crippen molar-refractivity contribution in [1.29, 1.82) is 0 Å². The van der Waals surface area contributed by atoms with Crippen molar-refractivity contribution >= 4 is 33.8 Å². The van der Waals surface area contributed by atoms with Gasteiger partial charge in [0.1, 0.15) is 0 Å². The fourth-order valence-electron chi connectivity index (χ4n) is 2.79. The Labute approximate surface area is 147 Å². The smallest absolute Gasteiger partial charge is 0.258 e. The van der Waals surface area contributed by atoms with Gasteiger partial charge in [-0.15, -0.1) is 0 Å². The summed E-state index contributed by atoms with van der Waals surface area (Å²) >= 11 is 0. The van der Waals surface area contributed by atoms with E-state index in [0.717, 1.165) is 6.08 Å². The first-order valence-electron chi connectivity index (χ1n) is 7.23. The number of carbonyl (C=O) groups excluding carboxylic acids is 3. The first-order chi connectivity index (χ1) is 12.2. The Morgan fingerprint density at radius 1 is 1.27 bits per heavy atom. The second-order valence-electron chi connectivity index (χ2n) is 5.50. The van der Waals surface area contributed by atoms with Gasteiger partial charge < -0.3 is 19.8 Å². The molecule has 9 nitrogen and oxygen atoms in total. The fourth-order valence-corrected chi connectivity index (χ4v) is 4.70. The molecule has 1 fully saturated rings. The fraction of sp³-hybridized carbons (Fsp3) is 0.125. The molecule has 1 saturated heterocycles. The third-order valence-corrected chi connectivity index (χ3v) is 5.67. The number of carbonyl (C=O) groups is 3. The summed E-state index contributed by atoms with van der Waals surface area (Å²) in [5, 5.41) is 20.5. The summed E-state index contributed by atoms with van der Waals surface area (Å²) in [5.74, 6) is -5.01. The summed E-state index contributed by atoms with van der Waals surface area (Å²) in [6.07, 6.45) is 4.00. The van der Waals surface area contributed by atoms with Gasteiger partial charge in [0.2, 0.25) is 0 Å². The quantitative estimate of drug-likeness (QED) is 0.411. The molecule has 0 radical (unpaired) electrons. The van der Waals surface area contributed by atoms with Gasteiger partial charge in [0.25, 0.3) is 5.91 Å². The molecule has 0 saturated carbocycles. The molecule has 1 aromatic heterocycles. The lowest BCUT2D eigenvalue weighted by atomic mass is 10.0. The number of fused-ring (bicyclic) bond motifs is 1. The summed E-state index contributed by atoms with van der Waals surface area (Å²) in [6.45, 7) is 0. The Hall–Kier alpha value is -3.27. The zero-order valence-electron chi connectivity index (χ0n) is 13.0. The van der Waals surface area contributed by atoms with Gasteiger partial charge in [-0.3, -0.25) is 14.7 Å². The number of β-lactam (4-membered cyclic amide) rings is 1. The van der Waals surface area contributed by atoms with E-state index < -0.39 is 44.5 Å². The van der Waals surface area contributed by atoms with Crippen LogP contribution >= 0.6 is 0 Å². The zero-order chi connectivity index (χ0) is 19.1. The van der Waals surface area contributed by atoms with Crippen LogP contribution in [0.2, 0.25) is 0 Å². The van der Waals surface area contributed by atoms with Crippen LogP contribution in [0.1, 0.15) is 5.69 Å². The average molecular weight is 374 g/mol. The summed E-state index contributed by atoms with van der Waals surface area (Å²) in [5.41, 5.74) is -0.820. The number of aliphatic carboxylic acids is 2. The normalized spacial score (nSPS) is 23.1. The predicted molar refractivity (Wildman–Crippen MR) is 82.8 cm³/mol. The molecule has 1 aromatic rings. The highest BCUT2D eigenvalue weighted by Gasteiger charge is 2.55. The van der Waals surface area contributed by atoms with Crippen LogP contribution in [0.4, 0.5) is 0 Å². The lowest BCUT2D eigenvalue weighted by molar-refractivity contribution is -0.302. The molecule has 0 aromatic carbocycles. The highest BCUT2D eigenvalue weighted by Crippen LogP contribution is 2.40. The maximum absolute atomic E-state index is 12.5. The summed E-state index contributed by atoms with van der Waals surface area (Å²) in [4.78, 5) is 38.9. The Balaban J connectivity index is 2.10. The van der Waals surface area contributed by atoms with Gasteiger partial charge in [-0.2, -0.15) is 0 Å². The van der Waals surface area contributed by atoms with E-state index >= 15 is 0 Å². The largest absolute Gasteiger partial charge is 0.545 e. The third kappa shape index (κ3) is 2.90. The number of amides is 1. The molecular formula is C16H10N2O7S-2. The van der Waals surface area contributed by atoms with E-state index in [2.05, 4.69) is 4.98 Å². The number of hydrogen-bond donors (Lipinski definition) is 0. The van der Waals surface area contributed by atoms with Crippen molar-refractivity contribution in [3.8, 4) is 0 Å². The van der Waals surface area contributed by atoms with Gasteiger partial charge in [-0.25, -0.2) is 8.42 Å². The number of carboxylic acids is 2. The highest BCUT2D eigenvalue weighted by atomic mass is 32.2. The Bertz CT molecular complexity index is 1010. The highest BCUT2D eigenvalue weighted by molar-refractivity contribution is 7.92. The molecule has 0 aliphatic carbocycles. The molecule has 2 aliphatic heterocycles. The van der Waals surface area contributed by atoms with E-state index in [1.165, 1.54) is 12.3 Å². The lowest BCUT2D eigenvalue weighted by Gasteiger charge is -2.46. The van der Waals surface area contributed by atoms with Gasteiger partial charge in [0, 0.05) is 6.20 Å². The molecule has 3 rings (SSSR count). The van der Waals surface area contributed by atoms with E-state index in [0.29, 0.717) is 16.7 Å². The van der Waals surface area contributed by atoms with Gasteiger partial charge in [0.05, 0.1) is 34.7 Å². The average Bonchev–Trinajstić information content (AvgIpc) is 2.57. The molecule has 0 bridgehead atoms. The van der Waals surface area contributed by atoms with E-state index in [-0.39, 0.29) is 11.1 Å². The zero-order valence-corrected chi connectivity index (χ0v) is 13.8. The van der Waals surface area contributed by atoms with Crippen LogP contribution in [0.5, 0.6) is 0 Å². The molecule has 0 spiro atoms. The maximum Gasteiger partial charge on any atom is 0.258 e. The van der Waals surface area contributed by atoms with Crippen LogP contribution in [0.25, 0.3) is 6.08 Å². The molecule has 134 valence electrons. The molecule has 26 heavy (non-hydrogen) atoms. The number of nitrogens with zero attached hydrogens (tertiary/aromatic N) is 2. The number of sulfone groups is 1. The summed E-state index contributed by atoms with van der Waals surface area (Å²) in [6, 6.07) is 4.84. The van der Waals surface area contributed by atoms with Gasteiger partial charge in [-0.1, -0.05) is 12.1 Å². The van der Waals surface area contributed by atoms with Crippen molar-refractivity contribution in [2.75, 3.05) is 5.75 Å². The first-order valence-corrected chi connectivity index (χ1v) is 8.95. The van der Waals surface area contributed by atoms with E-state index in [1.54, 1.807) is 18.2 Å². The first kappa shape index (κ1) is 17.5. The number of allylic oxidation sites excluding steroid dienone is 1. The van der Waals surface area contributed by atoms with Crippen molar-refractivity contribution in [2.24, 2.45) is 0 Å². The second kappa shape index (κ2) is 6.23. The molecule has 2 aliphatic rings. The minimum Gasteiger partial charge on any atom is -0.545 e. The van der Waals surface area contributed by atoms with E-state index in [9.17, 15) is 33.0 Å². The summed E-state index contributed by atoms with van der Waals surface area (Å²) in [7, 11) is -3.99. The number of rotatable bonds is 4. The van der Waals surface area contributed by atoms with Gasteiger partial charge in [-0.05, 0) is 29.9 Å². The maximum atomic E-state index is 12.5. The molecule has 10 heteroatoms. The van der Waals surface area contributed by atoms with Crippen LogP contribution in [-0.4, -0.2) is 47.3 Å². The van der Waals surface area contributed by atoms with Crippen molar-refractivity contribution < 1.29 is 33.0 Å². The van der Waals surface area contributed by atoms with Crippen molar-refractivity contribution in [3.63, 3.8) is 0 Å². The van der Waals surface area contributed by atoms with Crippen LogP contribution in [0.3, 0.4) is 0 Å². The van der Waals surface area contributed by atoms with Crippen molar-refractivity contribution in [2.45, 2.75) is 5.37 Å². The van der Waals surface area contributed by atoms with Crippen LogP contribution in [0, 0.1) is 0 Å². The topological polar surface area (TPSA) is 148 Å². The molecule has 3 heterocycles. The minimum atomic E-state index is -3.99. The van der Waals surface area contributed by atoms with Gasteiger partial charge in [0.15, 0.2) is 15.2 Å². The lowest BCUT2D eigenvalue weighted by Crippen LogP contribution is -2.63. The predicted octanol–water partition coefficient (Wildman–Crippen LogP) is -2.63. The van der Waals surface area contributed by atoms with Gasteiger partial charge >= 0.3 is 0 Å². The van der Waals surface area contributed by atoms with E-state index in [1.807, 2.05) is 0 Å². The molecule has 1 unspecified atom stereocenters. The third-order valence-electron chi connectivity index (χ3n) is 3.81. The second-order valence-corrected chi connectivity index (χ2v) is 7.56. The summed E-state index contributed by atoms with van der Waals surface area (Å²) < 4.78 is 25.0. The standard InChI is InChI=1S/C16H12N2O7S/c19-12(20)5-4-9-8-26(24,25)15-11(7-10-3-1-2-6-17-10)14(21)18(15)13(9)16(22)23/h1-7,15H,8H2,(H,19,20)(H,22,23)/p-2/b5-4+,11-7-. The number of pyridine rings is 1. The monoisotopic (exact) mass is 374 g/mol. The van der Waals surface area contributed by atoms with Crippen LogP contribution in [-0.2, 0) is 24.2 Å². The minimum absolute atomic E-state index is 0.120. The number of carboxylic acid groups (broad SMARTS) is 2. The Morgan fingerprint density at radius 2 is 2.00 bits per heavy atom.